The molecule has 5 heteroatoms. The van der Waals surface area contributed by atoms with Crippen molar-refractivity contribution >= 4 is 17.4 Å². The van der Waals surface area contributed by atoms with Gasteiger partial charge in [-0.2, -0.15) is 5.26 Å². The predicted molar refractivity (Wildman–Crippen MR) is 46.1 cm³/mol. The number of hydrogen-bond acceptors (Lipinski definition) is 2. The van der Waals surface area contributed by atoms with Crippen LogP contribution in [0.4, 0.5) is 8.78 Å². The predicted octanol–water partition coefficient (Wildman–Crippen LogP) is 2.26. The van der Waals surface area contributed by atoms with Gasteiger partial charge in [0.05, 0.1) is 23.1 Å². The molecule has 0 saturated carbocycles. The van der Waals surface area contributed by atoms with Crippen molar-refractivity contribution in [3.63, 3.8) is 0 Å². The third kappa shape index (κ3) is 1.88. The van der Waals surface area contributed by atoms with Gasteiger partial charge in [-0.1, -0.05) is 0 Å². The number of nitriles is 1. The van der Waals surface area contributed by atoms with Crippen LogP contribution in [-0.4, -0.2) is 11.7 Å². The van der Waals surface area contributed by atoms with E-state index in [4.69, 9.17) is 16.9 Å². The van der Waals surface area contributed by atoms with E-state index >= 15 is 0 Å². The number of hydrogen-bond donors (Lipinski definition) is 0. The summed E-state index contributed by atoms with van der Waals surface area (Å²) in [6.45, 7) is 0. The highest BCUT2D eigenvalue weighted by atomic mass is 35.5. The van der Waals surface area contributed by atoms with Gasteiger partial charge in [0.25, 0.3) is 0 Å². The van der Waals surface area contributed by atoms with Crippen LogP contribution in [-0.2, 0) is 0 Å². The molecule has 1 rings (SSSR count). The van der Waals surface area contributed by atoms with Crippen LogP contribution in [0.25, 0.3) is 0 Å². The molecule has 0 aromatic heterocycles. The average Bonchev–Trinajstić information content (AvgIpc) is 2.16. The Morgan fingerprint density at radius 1 is 1.43 bits per heavy atom. The molecule has 1 aromatic rings. The number of Topliss-reactive ketones (excluding diaryl/α,β-unsaturated/α-hetero) is 1. The Morgan fingerprint density at radius 3 is 2.29 bits per heavy atom. The number of nitrogens with zero attached hydrogens (tertiary/aromatic N) is 1. The maximum absolute atomic E-state index is 13.1. The van der Waals surface area contributed by atoms with Crippen molar-refractivity contribution in [2.24, 2.45) is 0 Å². The smallest absolute Gasteiger partial charge is 0.183 e. The topological polar surface area (TPSA) is 40.9 Å². The van der Waals surface area contributed by atoms with E-state index in [1.54, 1.807) is 6.07 Å². The highest BCUT2D eigenvalue weighted by Gasteiger charge is 2.17. The van der Waals surface area contributed by atoms with E-state index in [1.165, 1.54) is 0 Å². The number of rotatable bonds is 2. The van der Waals surface area contributed by atoms with Gasteiger partial charge in [-0.25, -0.2) is 8.78 Å². The SMILES string of the molecule is N#Cc1cc(F)c(C(=O)CCl)c(F)c1. The fourth-order valence-corrected chi connectivity index (χ4v) is 1.10. The summed E-state index contributed by atoms with van der Waals surface area (Å²) in [5.74, 6) is -3.47. The van der Waals surface area contributed by atoms with E-state index < -0.39 is 28.9 Å². The Hall–Kier alpha value is -1.47. The quantitative estimate of drug-likeness (QED) is 0.561. The molecule has 0 saturated heterocycles. The van der Waals surface area contributed by atoms with E-state index in [0.717, 1.165) is 12.1 Å². The number of alkyl halides is 1. The van der Waals surface area contributed by atoms with Gasteiger partial charge in [0.2, 0.25) is 0 Å². The summed E-state index contributed by atoms with van der Waals surface area (Å²) in [5, 5.41) is 8.38. The van der Waals surface area contributed by atoms with Crippen molar-refractivity contribution in [3.8, 4) is 6.07 Å². The van der Waals surface area contributed by atoms with Crippen LogP contribution >= 0.6 is 11.6 Å². The molecule has 0 amide bonds. The van der Waals surface area contributed by atoms with Crippen molar-refractivity contribution in [1.82, 2.24) is 0 Å². The van der Waals surface area contributed by atoms with Gasteiger partial charge in [0, 0.05) is 0 Å². The zero-order chi connectivity index (χ0) is 10.7. The van der Waals surface area contributed by atoms with E-state index in [9.17, 15) is 13.6 Å². The number of benzene rings is 1. The van der Waals surface area contributed by atoms with Gasteiger partial charge >= 0.3 is 0 Å². The molecule has 0 heterocycles. The van der Waals surface area contributed by atoms with Crippen LogP contribution in [0.5, 0.6) is 0 Å². The Balaban J connectivity index is 3.34. The minimum atomic E-state index is -1.06. The first-order chi connectivity index (χ1) is 6.60. The lowest BCUT2D eigenvalue weighted by Crippen LogP contribution is -2.07. The van der Waals surface area contributed by atoms with Crippen LogP contribution in [0, 0.1) is 23.0 Å². The molecule has 0 unspecified atom stereocenters. The molecule has 0 aliphatic heterocycles. The summed E-state index contributed by atoms with van der Waals surface area (Å²) in [5.41, 5.74) is -0.870. The first kappa shape index (κ1) is 10.6. The summed E-state index contributed by atoms with van der Waals surface area (Å²) < 4.78 is 26.1. The van der Waals surface area contributed by atoms with E-state index in [0.29, 0.717) is 0 Å². The number of ketones is 1. The molecule has 0 radical (unpaired) electrons. The van der Waals surface area contributed by atoms with Crippen LogP contribution in [0.1, 0.15) is 15.9 Å². The average molecular weight is 216 g/mol. The Kier molecular flexibility index (Phi) is 3.15. The lowest BCUT2D eigenvalue weighted by Gasteiger charge is -2.01. The van der Waals surface area contributed by atoms with Crippen LogP contribution in [0.2, 0.25) is 0 Å². The monoisotopic (exact) mass is 215 g/mol. The minimum absolute atomic E-state index is 0.175. The molecule has 14 heavy (non-hydrogen) atoms. The van der Waals surface area contributed by atoms with Crippen molar-refractivity contribution in [2.45, 2.75) is 0 Å². The normalized spacial score (nSPS) is 9.57. The van der Waals surface area contributed by atoms with Crippen molar-refractivity contribution in [2.75, 3.05) is 5.88 Å². The fraction of sp³-hybridized carbons (Fsp3) is 0.111. The van der Waals surface area contributed by atoms with Gasteiger partial charge in [-0.15, -0.1) is 11.6 Å². The number of carbonyl (C=O) groups is 1. The molecule has 0 atom stereocenters. The Morgan fingerprint density at radius 2 is 1.93 bits per heavy atom. The Labute approximate surface area is 83.7 Å². The summed E-state index contributed by atoms with van der Waals surface area (Å²) >= 11 is 5.16. The third-order valence-electron chi connectivity index (χ3n) is 1.57. The molecule has 0 aliphatic carbocycles. The maximum Gasteiger partial charge on any atom is 0.183 e. The third-order valence-corrected chi connectivity index (χ3v) is 1.81. The molecule has 72 valence electrons. The summed E-state index contributed by atoms with van der Waals surface area (Å²) in [6.07, 6.45) is 0. The molecule has 2 nitrogen and oxygen atoms in total. The minimum Gasteiger partial charge on any atom is -0.293 e. The highest BCUT2D eigenvalue weighted by molar-refractivity contribution is 6.30. The van der Waals surface area contributed by atoms with Gasteiger partial charge in [0.1, 0.15) is 11.6 Å². The van der Waals surface area contributed by atoms with Crippen LogP contribution < -0.4 is 0 Å². The van der Waals surface area contributed by atoms with E-state index in [-0.39, 0.29) is 5.56 Å². The van der Waals surface area contributed by atoms with Crippen LogP contribution in [0.3, 0.4) is 0 Å². The highest BCUT2D eigenvalue weighted by Crippen LogP contribution is 2.16. The lowest BCUT2D eigenvalue weighted by atomic mass is 10.1. The van der Waals surface area contributed by atoms with E-state index in [2.05, 4.69) is 0 Å². The summed E-state index contributed by atoms with van der Waals surface area (Å²) in [6, 6.07) is 3.16. The van der Waals surface area contributed by atoms with Gasteiger partial charge in [-0.3, -0.25) is 4.79 Å². The van der Waals surface area contributed by atoms with Crippen LogP contribution in [0.15, 0.2) is 12.1 Å². The zero-order valence-electron chi connectivity index (χ0n) is 6.85. The molecular formula is C9H4ClF2NO. The Bertz CT molecular complexity index is 402. The largest absolute Gasteiger partial charge is 0.293 e. The molecule has 0 spiro atoms. The number of halogens is 3. The molecule has 0 fully saturated rings. The standard InChI is InChI=1S/C9H4ClF2NO/c10-3-8(14)9-6(11)1-5(4-13)2-7(9)12/h1-2H,3H2. The second-order valence-corrected chi connectivity index (χ2v) is 2.75. The first-order valence-corrected chi connectivity index (χ1v) is 4.12. The molecule has 0 aliphatic rings. The second kappa shape index (κ2) is 4.16. The molecule has 0 N–H and O–H groups in total. The van der Waals surface area contributed by atoms with Gasteiger partial charge in [-0.05, 0) is 12.1 Å². The maximum atomic E-state index is 13.1. The van der Waals surface area contributed by atoms with Crippen molar-refractivity contribution in [3.05, 3.63) is 34.9 Å². The van der Waals surface area contributed by atoms with Crippen molar-refractivity contribution < 1.29 is 13.6 Å². The zero-order valence-corrected chi connectivity index (χ0v) is 7.61. The molecule has 1 aromatic carbocycles. The summed E-state index contributed by atoms with van der Waals surface area (Å²) in [4.78, 5) is 11.0. The molecule has 0 bridgehead atoms. The fourth-order valence-electron chi connectivity index (χ4n) is 0.971. The molecular weight excluding hydrogens is 212 g/mol. The lowest BCUT2D eigenvalue weighted by molar-refractivity contribution is 0.101. The number of carbonyl (C=O) groups excluding carboxylic acids is 1. The van der Waals surface area contributed by atoms with Gasteiger partial charge in [0.15, 0.2) is 5.78 Å². The van der Waals surface area contributed by atoms with Gasteiger partial charge < -0.3 is 0 Å². The summed E-state index contributed by atoms with van der Waals surface area (Å²) in [7, 11) is 0. The van der Waals surface area contributed by atoms with Crippen molar-refractivity contribution in [1.29, 1.82) is 5.26 Å². The van der Waals surface area contributed by atoms with E-state index in [1.807, 2.05) is 0 Å². The second-order valence-electron chi connectivity index (χ2n) is 2.48. The first-order valence-electron chi connectivity index (χ1n) is 3.58.